The second-order valence-corrected chi connectivity index (χ2v) is 3.28. The normalized spacial score (nSPS) is 11.4. The van der Waals surface area contributed by atoms with Crippen LogP contribution in [0.5, 0.6) is 5.75 Å². The molecule has 1 aromatic rings. The smallest absolute Gasteiger partial charge is 0.331 e. The Morgan fingerprint density at radius 2 is 2.29 bits per heavy atom. The van der Waals surface area contributed by atoms with Crippen molar-refractivity contribution in [2.45, 2.75) is 13.0 Å². The van der Waals surface area contributed by atoms with Crippen LogP contribution < -0.4 is 10.1 Å². The van der Waals surface area contributed by atoms with Gasteiger partial charge >= 0.3 is 5.97 Å². The van der Waals surface area contributed by atoms with Crippen molar-refractivity contribution in [2.24, 2.45) is 0 Å². The lowest BCUT2D eigenvalue weighted by molar-refractivity contribution is -0.145. The number of pyridine rings is 1. The molecule has 0 aromatic carbocycles. The number of nitrogens with zero attached hydrogens (tertiary/aromatic N) is 1. The highest BCUT2D eigenvalue weighted by molar-refractivity contribution is 5.83. The molecule has 0 fully saturated rings. The Balaban J connectivity index is 2.55. The Morgan fingerprint density at radius 1 is 1.53 bits per heavy atom. The van der Waals surface area contributed by atoms with Crippen molar-refractivity contribution in [3.05, 3.63) is 24.5 Å². The molecule has 1 aromatic heterocycles. The maximum atomic E-state index is 11.3. The van der Waals surface area contributed by atoms with Crippen LogP contribution in [0.3, 0.4) is 0 Å². The summed E-state index contributed by atoms with van der Waals surface area (Å²) in [4.78, 5) is 26.1. The largest absolute Gasteiger partial charge is 0.489 e. The predicted octanol–water partition coefficient (Wildman–Crippen LogP) is 0.138. The molecule has 0 radical (unpaired) electrons. The maximum absolute atomic E-state index is 11.3. The number of methoxy groups -OCH3 is 1. The van der Waals surface area contributed by atoms with E-state index in [0.29, 0.717) is 5.75 Å². The topological polar surface area (TPSA) is 77.5 Å². The number of carbonyl (C=O) groups excluding carboxylic acids is 2. The molecule has 92 valence electrons. The van der Waals surface area contributed by atoms with Crippen LogP contribution in [0.4, 0.5) is 0 Å². The Kier molecular flexibility index (Phi) is 4.93. The number of carbonyl (C=O) groups is 2. The minimum absolute atomic E-state index is 0.00204. The van der Waals surface area contributed by atoms with Gasteiger partial charge in [-0.3, -0.25) is 9.78 Å². The van der Waals surface area contributed by atoms with E-state index in [-0.39, 0.29) is 12.5 Å². The van der Waals surface area contributed by atoms with Gasteiger partial charge in [-0.25, -0.2) is 4.79 Å². The zero-order valence-electron chi connectivity index (χ0n) is 9.67. The zero-order chi connectivity index (χ0) is 12.7. The molecule has 0 aliphatic heterocycles. The summed E-state index contributed by atoms with van der Waals surface area (Å²) >= 11 is 0. The van der Waals surface area contributed by atoms with E-state index in [9.17, 15) is 9.59 Å². The highest BCUT2D eigenvalue weighted by Gasteiger charge is 2.20. The first-order chi connectivity index (χ1) is 8.13. The Morgan fingerprint density at radius 3 is 2.82 bits per heavy atom. The van der Waals surface area contributed by atoms with Gasteiger partial charge in [0.05, 0.1) is 13.3 Å². The van der Waals surface area contributed by atoms with E-state index in [4.69, 9.17) is 4.74 Å². The van der Waals surface area contributed by atoms with Crippen molar-refractivity contribution in [2.75, 3.05) is 13.7 Å². The molecule has 0 aliphatic carbocycles. The molecule has 1 atom stereocenters. The summed E-state index contributed by atoms with van der Waals surface area (Å²) < 4.78 is 9.87. The first-order valence-electron chi connectivity index (χ1n) is 5.01. The lowest BCUT2D eigenvalue weighted by Gasteiger charge is -2.15. The summed E-state index contributed by atoms with van der Waals surface area (Å²) in [5, 5.41) is 2.44. The fourth-order valence-electron chi connectivity index (χ4n) is 1.17. The van der Waals surface area contributed by atoms with E-state index in [0.717, 1.165) is 0 Å². The fourth-order valence-corrected chi connectivity index (χ4v) is 1.17. The molecule has 1 unspecified atom stereocenters. The molecule has 0 saturated carbocycles. The molecule has 0 aliphatic rings. The molecule has 0 saturated heterocycles. The van der Waals surface area contributed by atoms with Crippen molar-refractivity contribution in [3.63, 3.8) is 0 Å². The molecular weight excluding hydrogens is 224 g/mol. The van der Waals surface area contributed by atoms with Crippen molar-refractivity contribution in [3.8, 4) is 5.75 Å². The molecule has 1 amide bonds. The molecule has 6 nitrogen and oxygen atoms in total. The second-order valence-electron chi connectivity index (χ2n) is 3.28. The summed E-state index contributed by atoms with van der Waals surface area (Å²) in [6.45, 7) is 1.32. The molecular formula is C11H14N2O4. The SMILES string of the molecule is COC(=O)C(COc1cccnc1)NC(C)=O. The van der Waals surface area contributed by atoms with Gasteiger partial charge in [-0.05, 0) is 12.1 Å². The maximum Gasteiger partial charge on any atom is 0.331 e. The van der Waals surface area contributed by atoms with Crippen LogP contribution in [0.1, 0.15) is 6.92 Å². The van der Waals surface area contributed by atoms with E-state index in [1.54, 1.807) is 18.3 Å². The van der Waals surface area contributed by atoms with Crippen LogP contribution in [-0.2, 0) is 14.3 Å². The van der Waals surface area contributed by atoms with Crippen LogP contribution in [0.15, 0.2) is 24.5 Å². The van der Waals surface area contributed by atoms with Gasteiger partial charge < -0.3 is 14.8 Å². The third kappa shape index (κ3) is 4.50. The molecule has 1 N–H and O–H groups in total. The van der Waals surface area contributed by atoms with Gasteiger partial charge in [0, 0.05) is 13.1 Å². The fraction of sp³-hybridized carbons (Fsp3) is 0.364. The van der Waals surface area contributed by atoms with Crippen LogP contribution in [0.2, 0.25) is 0 Å². The molecule has 1 rings (SSSR count). The van der Waals surface area contributed by atoms with Crippen molar-refractivity contribution < 1.29 is 19.1 Å². The summed E-state index contributed by atoms with van der Waals surface area (Å²) in [6, 6.07) is 2.59. The number of hydrogen-bond acceptors (Lipinski definition) is 5. The second kappa shape index (κ2) is 6.47. The van der Waals surface area contributed by atoms with Crippen molar-refractivity contribution in [1.29, 1.82) is 0 Å². The standard InChI is InChI=1S/C11H14N2O4/c1-8(14)13-10(11(15)16-2)7-17-9-4-3-5-12-6-9/h3-6,10H,7H2,1-2H3,(H,13,14). The van der Waals surface area contributed by atoms with Gasteiger partial charge in [-0.15, -0.1) is 0 Å². The van der Waals surface area contributed by atoms with E-state index in [1.807, 2.05) is 0 Å². The van der Waals surface area contributed by atoms with Crippen molar-refractivity contribution >= 4 is 11.9 Å². The third-order valence-corrected chi connectivity index (χ3v) is 1.91. The van der Waals surface area contributed by atoms with E-state index >= 15 is 0 Å². The van der Waals surface area contributed by atoms with Gasteiger partial charge in [0.15, 0.2) is 6.04 Å². The minimum Gasteiger partial charge on any atom is -0.489 e. The lowest BCUT2D eigenvalue weighted by Crippen LogP contribution is -2.44. The minimum atomic E-state index is -0.822. The number of amides is 1. The highest BCUT2D eigenvalue weighted by atomic mass is 16.5. The number of ether oxygens (including phenoxy) is 2. The van der Waals surface area contributed by atoms with Crippen LogP contribution in [0, 0.1) is 0 Å². The summed E-state index contributed by atoms with van der Waals surface area (Å²) in [5.74, 6) is -0.356. The molecule has 1 heterocycles. The highest BCUT2D eigenvalue weighted by Crippen LogP contribution is 2.06. The quantitative estimate of drug-likeness (QED) is 0.738. The number of esters is 1. The van der Waals surface area contributed by atoms with Crippen LogP contribution in [-0.4, -0.2) is 36.6 Å². The first-order valence-corrected chi connectivity index (χ1v) is 5.01. The van der Waals surface area contributed by atoms with Gasteiger partial charge in [0.2, 0.25) is 5.91 Å². The monoisotopic (exact) mass is 238 g/mol. The first kappa shape index (κ1) is 13.0. The number of hydrogen-bond donors (Lipinski definition) is 1. The van der Waals surface area contributed by atoms with Crippen molar-refractivity contribution in [1.82, 2.24) is 10.3 Å². The summed E-state index contributed by atoms with van der Waals surface area (Å²) in [6.07, 6.45) is 3.13. The van der Waals surface area contributed by atoms with Gasteiger partial charge in [-0.1, -0.05) is 0 Å². The average molecular weight is 238 g/mol. The molecule has 0 spiro atoms. The van der Waals surface area contributed by atoms with Crippen LogP contribution >= 0.6 is 0 Å². The van der Waals surface area contributed by atoms with E-state index in [1.165, 1.54) is 20.2 Å². The lowest BCUT2D eigenvalue weighted by atomic mass is 10.3. The number of aromatic nitrogens is 1. The summed E-state index contributed by atoms with van der Waals surface area (Å²) in [5.41, 5.74) is 0. The van der Waals surface area contributed by atoms with Gasteiger partial charge in [-0.2, -0.15) is 0 Å². The van der Waals surface area contributed by atoms with Gasteiger partial charge in [0.25, 0.3) is 0 Å². The number of nitrogens with one attached hydrogen (secondary N) is 1. The molecule has 17 heavy (non-hydrogen) atoms. The number of rotatable bonds is 5. The third-order valence-electron chi connectivity index (χ3n) is 1.91. The Hall–Kier alpha value is -2.11. The van der Waals surface area contributed by atoms with Crippen LogP contribution in [0.25, 0.3) is 0 Å². The molecule has 6 heteroatoms. The van der Waals surface area contributed by atoms with Gasteiger partial charge in [0.1, 0.15) is 12.4 Å². The van der Waals surface area contributed by atoms with E-state index in [2.05, 4.69) is 15.0 Å². The Bertz CT molecular complexity index is 380. The average Bonchev–Trinajstić information content (AvgIpc) is 2.34. The zero-order valence-corrected chi connectivity index (χ0v) is 9.67. The predicted molar refractivity (Wildman–Crippen MR) is 59.4 cm³/mol. The van der Waals surface area contributed by atoms with E-state index < -0.39 is 12.0 Å². The Labute approximate surface area is 98.9 Å². The molecule has 0 bridgehead atoms. The summed E-state index contributed by atoms with van der Waals surface area (Å²) in [7, 11) is 1.25.